The lowest BCUT2D eigenvalue weighted by Crippen LogP contribution is -2.50. The van der Waals surface area contributed by atoms with Crippen molar-refractivity contribution in [2.75, 3.05) is 150 Å². The summed E-state index contributed by atoms with van der Waals surface area (Å²) < 4.78 is 0. The van der Waals surface area contributed by atoms with E-state index >= 15 is 0 Å². The van der Waals surface area contributed by atoms with E-state index in [1.165, 1.54) is 89.3 Å². The SMILES string of the molecule is CNC(=O)C(C)NC(=O)CN(C)C(=O)CN(C)C(=O)CN(C)C(=O)CN(C)C(=O)CN(C)C(=O)CN(C)C(=O)CN(C)C(=O)CN(C)C(=O)CN(C)C(=O)CN(C)C(=O)CCN. The summed E-state index contributed by atoms with van der Waals surface area (Å²) in [4.78, 5) is 161. The third-order valence-electron chi connectivity index (χ3n) is 9.37. The van der Waals surface area contributed by atoms with Crippen molar-refractivity contribution in [3.8, 4) is 0 Å². The average Bonchev–Trinajstić information content (AvgIpc) is 3.19. The summed E-state index contributed by atoms with van der Waals surface area (Å²) in [5, 5.41) is 4.83. The Balaban J connectivity index is 4.90. The van der Waals surface area contributed by atoms with Crippen LogP contribution in [0.3, 0.4) is 0 Å². The third kappa shape index (κ3) is 19.8. The van der Waals surface area contributed by atoms with Crippen LogP contribution >= 0.6 is 0 Å². The van der Waals surface area contributed by atoms with Crippen LogP contribution < -0.4 is 16.4 Å². The number of rotatable bonds is 24. The molecule has 0 rings (SSSR count). The van der Waals surface area contributed by atoms with Gasteiger partial charge in [0.15, 0.2) is 0 Å². The fourth-order valence-electron chi connectivity index (χ4n) is 4.89. The first-order chi connectivity index (χ1) is 28.7. The van der Waals surface area contributed by atoms with E-state index in [9.17, 15) is 57.5 Å². The Morgan fingerprint density at radius 1 is 0.371 bits per heavy atom. The van der Waals surface area contributed by atoms with Gasteiger partial charge in [-0.3, -0.25) is 57.5 Å². The maximum atomic E-state index is 12.9. The van der Waals surface area contributed by atoms with Crippen molar-refractivity contribution in [3.05, 3.63) is 0 Å². The Hall–Kier alpha value is -6.40. The minimum Gasteiger partial charge on any atom is -0.357 e. The van der Waals surface area contributed by atoms with Crippen LogP contribution in [0.25, 0.3) is 0 Å². The molecule has 0 bridgehead atoms. The number of likely N-dealkylation sites (N-methyl/N-ethyl adjacent to an activating group) is 11. The highest BCUT2D eigenvalue weighted by Gasteiger charge is 2.26. The molecule has 0 saturated carbocycles. The van der Waals surface area contributed by atoms with Gasteiger partial charge in [0.05, 0.1) is 65.4 Å². The van der Waals surface area contributed by atoms with E-state index in [2.05, 4.69) is 10.6 Å². The second kappa shape index (κ2) is 26.7. The van der Waals surface area contributed by atoms with Gasteiger partial charge < -0.3 is 65.4 Å². The molecule has 350 valence electrons. The van der Waals surface area contributed by atoms with E-state index in [0.29, 0.717) is 0 Å². The van der Waals surface area contributed by atoms with E-state index < -0.39 is 117 Å². The molecule has 25 heteroatoms. The van der Waals surface area contributed by atoms with Gasteiger partial charge in [-0.2, -0.15) is 0 Å². The van der Waals surface area contributed by atoms with Crippen LogP contribution in [-0.4, -0.2) is 275 Å². The van der Waals surface area contributed by atoms with Crippen molar-refractivity contribution in [2.24, 2.45) is 5.73 Å². The molecule has 0 aromatic heterocycles. The van der Waals surface area contributed by atoms with E-state index in [4.69, 9.17) is 5.73 Å². The molecular formula is C37H65N13O12. The molecule has 0 saturated heterocycles. The molecule has 62 heavy (non-hydrogen) atoms. The lowest BCUT2D eigenvalue weighted by atomic mass is 10.3. The van der Waals surface area contributed by atoms with Crippen LogP contribution in [0.15, 0.2) is 0 Å². The summed E-state index contributed by atoms with van der Waals surface area (Å²) in [6.07, 6.45) is 0.0665. The normalized spacial score (nSPS) is 10.9. The highest BCUT2D eigenvalue weighted by molar-refractivity contribution is 5.94. The first kappa shape index (κ1) is 55.6. The maximum absolute atomic E-state index is 12.9. The number of hydrogen-bond donors (Lipinski definition) is 3. The van der Waals surface area contributed by atoms with Crippen LogP contribution in [0.4, 0.5) is 0 Å². The van der Waals surface area contributed by atoms with E-state index in [-0.39, 0.29) is 38.5 Å². The van der Waals surface area contributed by atoms with Gasteiger partial charge >= 0.3 is 0 Å². The number of amides is 12. The molecular weight excluding hydrogens is 818 g/mol. The first-order valence-electron chi connectivity index (χ1n) is 19.3. The molecule has 0 aromatic rings. The fraction of sp³-hybridized carbons (Fsp3) is 0.676. The molecule has 0 spiro atoms. The van der Waals surface area contributed by atoms with Crippen molar-refractivity contribution in [1.82, 2.24) is 59.6 Å². The van der Waals surface area contributed by atoms with Crippen molar-refractivity contribution in [3.63, 3.8) is 0 Å². The molecule has 1 unspecified atom stereocenters. The molecule has 25 nitrogen and oxygen atoms in total. The van der Waals surface area contributed by atoms with Gasteiger partial charge in [-0.25, -0.2) is 0 Å². The molecule has 0 radical (unpaired) electrons. The monoisotopic (exact) mass is 883 g/mol. The summed E-state index contributed by atoms with van der Waals surface area (Å²) in [6.45, 7) is -2.48. The largest absolute Gasteiger partial charge is 0.357 e. The minimum atomic E-state index is -0.820. The fourth-order valence-corrected chi connectivity index (χ4v) is 4.89. The molecule has 4 N–H and O–H groups in total. The zero-order valence-electron chi connectivity index (χ0n) is 38.0. The molecule has 0 aliphatic rings. The molecule has 0 fully saturated rings. The lowest BCUT2D eigenvalue weighted by molar-refractivity contribution is -0.146. The third-order valence-corrected chi connectivity index (χ3v) is 9.37. The van der Waals surface area contributed by atoms with Crippen molar-refractivity contribution in [1.29, 1.82) is 0 Å². The number of hydrogen-bond acceptors (Lipinski definition) is 13. The number of nitrogens with zero attached hydrogens (tertiary/aromatic N) is 10. The first-order valence-corrected chi connectivity index (χ1v) is 19.3. The summed E-state index contributed by atoms with van der Waals surface area (Å²) in [6, 6.07) is -0.820. The van der Waals surface area contributed by atoms with Crippen LogP contribution in [0.1, 0.15) is 13.3 Å². The predicted octanol–water partition coefficient (Wildman–Crippen LogP) is -6.83. The summed E-state index contributed by atoms with van der Waals surface area (Å²) >= 11 is 0. The van der Waals surface area contributed by atoms with Crippen LogP contribution in [0.2, 0.25) is 0 Å². The Bertz CT molecular complexity index is 1680. The van der Waals surface area contributed by atoms with Crippen LogP contribution in [0, 0.1) is 0 Å². The van der Waals surface area contributed by atoms with Gasteiger partial charge in [-0.1, -0.05) is 0 Å². The highest BCUT2D eigenvalue weighted by Crippen LogP contribution is 2.01. The molecule has 0 aliphatic carbocycles. The van der Waals surface area contributed by atoms with Crippen LogP contribution in [0.5, 0.6) is 0 Å². The Kier molecular flexibility index (Phi) is 24.0. The van der Waals surface area contributed by atoms with E-state index in [1.54, 1.807) is 0 Å². The molecule has 12 amide bonds. The highest BCUT2D eigenvalue weighted by atomic mass is 16.2. The Morgan fingerprint density at radius 2 is 0.565 bits per heavy atom. The quantitative estimate of drug-likeness (QED) is 0.0814. The lowest BCUT2D eigenvalue weighted by Gasteiger charge is -2.27. The number of nitrogens with one attached hydrogen (secondary N) is 2. The minimum absolute atomic E-state index is 0.0665. The molecule has 0 heterocycles. The molecule has 0 aromatic carbocycles. The van der Waals surface area contributed by atoms with E-state index in [1.807, 2.05) is 0 Å². The Morgan fingerprint density at radius 3 is 0.758 bits per heavy atom. The van der Waals surface area contributed by atoms with Crippen molar-refractivity contribution in [2.45, 2.75) is 19.4 Å². The topological polar surface area (TPSA) is 287 Å². The average molecular weight is 884 g/mol. The van der Waals surface area contributed by atoms with Crippen LogP contribution in [-0.2, 0) is 57.5 Å². The van der Waals surface area contributed by atoms with Gasteiger partial charge in [-0.15, -0.1) is 0 Å². The zero-order valence-corrected chi connectivity index (χ0v) is 38.0. The van der Waals surface area contributed by atoms with Gasteiger partial charge in [0.25, 0.3) is 0 Å². The smallest absolute Gasteiger partial charge is 0.242 e. The number of carbonyl (C=O) groups is 12. The van der Waals surface area contributed by atoms with Crippen molar-refractivity contribution >= 4 is 70.9 Å². The molecule has 1 atom stereocenters. The number of nitrogens with two attached hydrogens (primary N) is 1. The summed E-state index contributed by atoms with van der Waals surface area (Å²) in [5.41, 5.74) is 5.37. The maximum Gasteiger partial charge on any atom is 0.242 e. The standard InChI is InChI=1S/C37H65N13O12/c1-25(37(62)39-2)40-26(51)15-41(3)28(53)17-43(5)30(55)19-45(7)32(57)21-47(9)34(59)23-49(11)36(61)24-50(12)35(60)22-48(10)33(58)20-46(8)31(56)18-44(6)29(54)16-42(4)27(52)13-14-38/h25H,13-24,38H2,1-12H3,(H,39,62)(H,40,51). The van der Waals surface area contributed by atoms with Gasteiger partial charge in [0.1, 0.15) is 6.04 Å². The molecule has 0 aliphatic heterocycles. The second-order valence-electron chi connectivity index (χ2n) is 14.9. The van der Waals surface area contributed by atoms with Gasteiger partial charge in [0.2, 0.25) is 70.9 Å². The van der Waals surface area contributed by atoms with Gasteiger partial charge in [-0.05, 0) is 6.92 Å². The summed E-state index contributed by atoms with van der Waals surface area (Å²) in [5.74, 6) is -6.71. The predicted molar refractivity (Wildman–Crippen MR) is 222 cm³/mol. The second-order valence-corrected chi connectivity index (χ2v) is 14.9. The van der Waals surface area contributed by atoms with Crippen molar-refractivity contribution < 1.29 is 57.5 Å². The number of carbonyl (C=O) groups excluding carboxylic acids is 12. The summed E-state index contributed by atoms with van der Waals surface area (Å²) in [7, 11) is 14.9. The van der Waals surface area contributed by atoms with E-state index in [0.717, 1.165) is 44.1 Å². The van der Waals surface area contributed by atoms with Gasteiger partial charge in [0, 0.05) is 90.5 Å². The Labute approximate surface area is 362 Å². The zero-order chi connectivity index (χ0) is 48.2.